The van der Waals surface area contributed by atoms with Crippen LogP contribution in [0, 0.1) is 11.8 Å². The van der Waals surface area contributed by atoms with Gasteiger partial charge in [0.1, 0.15) is 6.61 Å². The lowest BCUT2D eigenvalue weighted by molar-refractivity contribution is 0.0951. The molecule has 5 nitrogen and oxygen atoms in total. The smallest absolute Gasteiger partial charge is 0.261 e. The molecule has 0 radical (unpaired) electrons. The molecule has 1 heterocycles. The van der Waals surface area contributed by atoms with Crippen LogP contribution in [0.5, 0.6) is 0 Å². The van der Waals surface area contributed by atoms with Gasteiger partial charge in [-0.15, -0.1) is 11.3 Å². The molecule has 0 fully saturated rings. The summed E-state index contributed by atoms with van der Waals surface area (Å²) in [6.45, 7) is 2.72. The largest absolute Gasteiger partial charge is 0.384 e. The number of hydrogen-bond donors (Lipinski definition) is 2. The minimum Gasteiger partial charge on any atom is -0.384 e. The molecule has 0 unspecified atom stereocenters. The Bertz CT molecular complexity index is 476. The number of carbonyl (C=O) groups is 1. The van der Waals surface area contributed by atoms with Crippen LogP contribution in [-0.2, 0) is 4.74 Å². The number of nitrogens with zero attached hydrogens (tertiary/aromatic N) is 1. The normalized spacial score (nSPS) is 10.2. The topological polar surface area (TPSA) is 61.8 Å². The molecule has 1 rings (SSSR count). The van der Waals surface area contributed by atoms with Crippen molar-refractivity contribution < 1.29 is 14.6 Å². The number of methoxy groups -OCH3 is 1. The van der Waals surface area contributed by atoms with Crippen LogP contribution < -0.4 is 5.32 Å². The van der Waals surface area contributed by atoms with E-state index in [4.69, 9.17) is 9.84 Å². The van der Waals surface area contributed by atoms with E-state index in [1.165, 1.54) is 11.3 Å². The van der Waals surface area contributed by atoms with E-state index in [9.17, 15) is 4.79 Å². The fourth-order valence-corrected chi connectivity index (χ4v) is 2.26. The Labute approximate surface area is 123 Å². The van der Waals surface area contributed by atoms with Crippen molar-refractivity contribution >= 4 is 17.2 Å². The summed E-state index contributed by atoms with van der Waals surface area (Å²) in [6, 6.07) is 3.53. The van der Waals surface area contributed by atoms with Gasteiger partial charge in [0.05, 0.1) is 16.4 Å². The summed E-state index contributed by atoms with van der Waals surface area (Å²) in [6.07, 6.45) is 0. The van der Waals surface area contributed by atoms with E-state index >= 15 is 0 Å². The maximum absolute atomic E-state index is 11.9. The fraction of sp³-hybridized carbons (Fsp3) is 0.500. The number of hydrogen-bond acceptors (Lipinski definition) is 5. The van der Waals surface area contributed by atoms with Gasteiger partial charge in [0.25, 0.3) is 5.91 Å². The van der Waals surface area contributed by atoms with Crippen molar-refractivity contribution in [2.24, 2.45) is 0 Å². The number of carbonyl (C=O) groups excluding carboxylic acids is 1. The third kappa shape index (κ3) is 6.17. The molecule has 0 aliphatic rings. The average Bonchev–Trinajstić information content (AvgIpc) is 2.91. The van der Waals surface area contributed by atoms with Crippen molar-refractivity contribution in [3.8, 4) is 11.8 Å². The molecule has 0 atom stereocenters. The summed E-state index contributed by atoms with van der Waals surface area (Å²) >= 11 is 1.32. The molecule has 0 saturated heterocycles. The van der Waals surface area contributed by atoms with Gasteiger partial charge in [-0.1, -0.05) is 11.8 Å². The van der Waals surface area contributed by atoms with Crippen LogP contribution in [0.15, 0.2) is 12.1 Å². The number of amides is 1. The van der Waals surface area contributed by atoms with E-state index in [0.29, 0.717) is 18.0 Å². The molecule has 6 heteroatoms. The monoisotopic (exact) mass is 296 g/mol. The molecule has 0 aliphatic carbocycles. The first-order valence-electron chi connectivity index (χ1n) is 6.32. The Balaban J connectivity index is 2.34. The number of aliphatic hydroxyl groups is 1. The minimum atomic E-state index is -0.173. The molecule has 1 amide bonds. The highest BCUT2D eigenvalue weighted by Crippen LogP contribution is 2.14. The molecule has 0 spiro atoms. The second-order valence-corrected chi connectivity index (χ2v) is 5.26. The summed E-state index contributed by atoms with van der Waals surface area (Å²) in [5, 5.41) is 11.5. The lowest BCUT2D eigenvalue weighted by atomic mass is 10.4. The molecule has 1 aromatic rings. The third-order valence-corrected chi connectivity index (χ3v) is 3.58. The van der Waals surface area contributed by atoms with Gasteiger partial charge >= 0.3 is 0 Å². The van der Waals surface area contributed by atoms with Crippen LogP contribution in [0.1, 0.15) is 14.5 Å². The number of rotatable bonds is 7. The molecule has 0 aromatic carbocycles. The molecule has 110 valence electrons. The molecular formula is C14H20N2O3S. The van der Waals surface area contributed by atoms with Gasteiger partial charge in [0.15, 0.2) is 0 Å². The maximum Gasteiger partial charge on any atom is 0.261 e. The highest BCUT2D eigenvalue weighted by atomic mass is 32.1. The lowest BCUT2D eigenvalue weighted by Gasteiger charge is -2.15. The summed E-state index contributed by atoms with van der Waals surface area (Å²) in [5.74, 6) is 5.25. The number of aliphatic hydroxyl groups excluding tert-OH is 1. The summed E-state index contributed by atoms with van der Waals surface area (Å²) in [4.78, 5) is 15.4. The van der Waals surface area contributed by atoms with Crippen molar-refractivity contribution in [2.75, 3.05) is 47.0 Å². The van der Waals surface area contributed by atoms with Crippen molar-refractivity contribution in [3.05, 3.63) is 21.9 Å². The van der Waals surface area contributed by atoms with Crippen molar-refractivity contribution in [1.29, 1.82) is 0 Å². The van der Waals surface area contributed by atoms with E-state index in [1.807, 2.05) is 7.05 Å². The first kappa shape index (κ1) is 16.7. The van der Waals surface area contributed by atoms with Crippen LogP contribution in [0.3, 0.4) is 0 Å². The van der Waals surface area contributed by atoms with Gasteiger partial charge in [-0.2, -0.15) is 0 Å². The van der Waals surface area contributed by atoms with Crippen LogP contribution in [0.25, 0.3) is 0 Å². The van der Waals surface area contributed by atoms with Crippen molar-refractivity contribution in [2.45, 2.75) is 0 Å². The Kier molecular flexibility index (Phi) is 7.92. The average molecular weight is 296 g/mol. The SMILES string of the molecule is COCCN(C)CCNC(=O)c1ccc(C#CCO)s1. The quantitative estimate of drug-likeness (QED) is 0.715. The highest BCUT2D eigenvalue weighted by molar-refractivity contribution is 7.14. The van der Waals surface area contributed by atoms with Gasteiger partial charge in [-0.25, -0.2) is 0 Å². The predicted molar refractivity (Wildman–Crippen MR) is 80.0 cm³/mol. The van der Waals surface area contributed by atoms with Crippen molar-refractivity contribution in [3.63, 3.8) is 0 Å². The Morgan fingerprint density at radius 3 is 3.00 bits per heavy atom. The van der Waals surface area contributed by atoms with E-state index in [-0.39, 0.29) is 12.5 Å². The lowest BCUT2D eigenvalue weighted by Crippen LogP contribution is -2.34. The first-order valence-corrected chi connectivity index (χ1v) is 7.14. The molecule has 0 saturated carbocycles. The molecule has 0 bridgehead atoms. The highest BCUT2D eigenvalue weighted by Gasteiger charge is 2.08. The zero-order valence-corrected chi connectivity index (χ0v) is 12.6. The van der Waals surface area contributed by atoms with E-state index in [1.54, 1.807) is 19.2 Å². The van der Waals surface area contributed by atoms with Crippen LogP contribution in [0.4, 0.5) is 0 Å². The second-order valence-electron chi connectivity index (χ2n) is 4.18. The molecule has 20 heavy (non-hydrogen) atoms. The Hall–Kier alpha value is -1.39. The standard InChI is InChI=1S/C14H20N2O3S/c1-16(9-11-19-2)8-7-15-14(18)13-6-5-12(20-13)4-3-10-17/h5-6,17H,7-11H2,1-2H3,(H,15,18). The zero-order valence-electron chi connectivity index (χ0n) is 11.8. The Morgan fingerprint density at radius 1 is 1.50 bits per heavy atom. The summed E-state index contributed by atoms with van der Waals surface area (Å²) < 4.78 is 4.99. The minimum absolute atomic E-state index is 0.0906. The van der Waals surface area contributed by atoms with E-state index in [0.717, 1.165) is 18.0 Å². The summed E-state index contributed by atoms with van der Waals surface area (Å²) in [7, 11) is 3.66. The van der Waals surface area contributed by atoms with Gasteiger partial charge in [0, 0.05) is 26.7 Å². The summed E-state index contributed by atoms with van der Waals surface area (Å²) in [5.41, 5.74) is 0. The van der Waals surface area contributed by atoms with Gasteiger partial charge in [-0.3, -0.25) is 4.79 Å². The zero-order chi connectivity index (χ0) is 14.8. The number of thiophene rings is 1. The number of ether oxygens (including phenoxy) is 1. The fourth-order valence-electron chi connectivity index (χ4n) is 1.46. The maximum atomic E-state index is 11.9. The first-order chi connectivity index (χ1) is 9.67. The molecule has 1 aromatic heterocycles. The van der Waals surface area contributed by atoms with Gasteiger partial charge < -0.3 is 20.1 Å². The number of nitrogens with one attached hydrogen (secondary N) is 1. The van der Waals surface area contributed by atoms with Crippen LogP contribution >= 0.6 is 11.3 Å². The Morgan fingerprint density at radius 2 is 2.30 bits per heavy atom. The molecule has 0 aliphatic heterocycles. The molecular weight excluding hydrogens is 276 g/mol. The third-order valence-electron chi connectivity index (χ3n) is 2.58. The second kappa shape index (κ2) is 9.50. The van der Waals surface area contributed by atoms with E-state index < -0.39 is 0 Å². The van der Waals surface area contributed by atoms with Crippen LogP contribution in [0.2, 0.25) is 0 Å². The van der Waals surface area contributed by atoms with Gasteiger partial charge in [-0.05, 0) is 19.2 Å². The van der Waals surface area contributed by atoms with Crippen molar-refractivity contribution in [1.82, 2.24) is 10.2 Å². The molecule has 2 N–H and O–H groups in total. The number of likely N-dealkylation sites (N-methyl/N-ethyl adjacent to an activating group) is 1. The predicted octanol–water partition coefficient (Wildman–Crippen LogP) is 0.400. The van der Waals surface area contributed by atoms with Crippen LogP contribution in [-0.4, -0.2) is 62.9 Å². The van der Waals surface area contributed by atoms with Gasteiger partial charge in [0.2, 0.25) is 0 Å². The van der Waals surface area contributed by atoms with E-state index in [2.05, 4.69) is 22.1 Å².